The van der Waals surface area contributed by atoms with E-state index in [1.807, 2.05) is 5.38 Å². The molecule has 3 rings (SSSR count). The molecule has 3 nitrogen and oxygen atoms in total. The van der Waals surface area contributed by atoms with Crippen LogP contribution in [0.25, 0.3) is 0 Å². The minimum absolute atomic E-state index is 0.0563. The predicted octanol–water partition coefficient (Wildman–Crippen LogP) is 4.37. The standard InChI is InChI=1S/C14H13ClFNO2S/c15-10-3-1-4-11(13(10)16)19-7-9-8-20-14(17-9)12-5-2-6-18-12/h1,3-4,8,12H,2,5-7H2/t12-/m1/s1. The van der Waals surface area contributed by atoms with Gasteiger partial charge in [0.25, 0.3) is 0 Å². The van der Waals surface area contributed by atoms with Crippen molar-refractivity contribution in [3.05, 3.63) is 45.1 Å². The van der Waals surface area contributed by atoms with Crippen LogP contribution in [0.1, 0.15) is 29.6 Å². The Morgan fingerprint density at radius 3 is 3.20 bits per heavy atom. The summed E-state index contributed by atoms with van der Waals surface area (Å²) in [6.07, 6.45) is 2.19. The summed E-state index contributed by atoms with van der Waals surface area (Å²) in [5.74, 6) is -0.395. The van der Waals surface area contributed by atoms with E-state index in [0.29, 0.717) is 0 Å². The molecule has 1 aliphatic heterocycles. The molecule has 2 aromatic rings. The summed E-state index contributed by atoms with van der Waals surface area (Å²) < 4.78 is 24.7. The largest absolute Gasteiger partial charge is 0.484 e. The Kier molecular flexibility index (Phi) is 4.19. The van der Waals surface area contributed by atoms with Gasteiger partial charge in [0.05, 0.1) is 10.7 Å². The van der Waals surface area contributed by atoms with Gasteiger partial charge in [0.2, 0.25) is 0 Å². The van der Waals surface area contributed by atoms with Gasteiger partial charge in [-0.2, -0.15) is 0 Å². The van der Waals surface area contributed by atoms with Crippen LogP contribution >= 0.6 is 22.9 Å². The molecular formula is C14H13ClFNO2S. The van der Waals surface area contributed by atoms with Gasteiger partial charge in [0, 0.05) is 12.0 Å². The van der Waals surface area contributed by atoms with Gasteiger partial charge in [-0.25, -0.2) is 9.37 Å². The van der Waals surface area contributed by atoms with Crippen LogP contribution in [-0.2, 0) is 11.3 Å². The number of thiazole rings is 1. The van der Waals surface area contributed by atoms with E-state index in [-0.39, 0.29) is 23.5 Å². The molecule has 2 heterocycles. The molecule has 0 radical (unpaired) electrons. The normalized spacial score (nSPS) is 18.4. The Morgan fingerprint density at radius 2 is 2.40 bits per heavy atom. The molecule has 0 saturated carbocycles. The highest BCUT2D eigenvalue weighted by Crippen LogP contribution is 2.31. The lowest BCUT2D eigenvalue weighted by molar-refractivity contribution is 0.111. The number of ether oxygens (including phenoxy) is 2. The number of rotatable bonds is 4. The molecule has 0 N–H and O–H groups in total. The fourth-order valence-corrected chi connectivity index (χ4v) is 3.11. The predicted molar refractivity (Wildman–Crippen MR) is 75.8 cm³/mol. The molecule has 1 fully saturated rings. The van der Waals surface area contributed by atoms with Crippen LogP contribution in [0.3, 0.4) is 0 Å². The molecule has 1 aromatic heterocycles. The van der Waals surface area contributed by atoms with E-state index in [4.69, 9.17) is 21.1 Å². The van der Waals surface area contributed by atoms with Crippen LogP contribution in [-0.4, -0.2) is 11.6 Å². The van der Waals surface area contributed by atoms with E-state index in [0.717, 1.165) is 30.2 Å². The van der Waals surface area contributed by atoms with E-state index in [9.17, 15) is 4.39 Å². The van der Waals surface area contributed by atoms with Gasteiger partial charge in [-0.3, -0.25) is 0 Å². The summed E-state index contributed by atoms with van der Waals surface area (Å²) in [5.41, 5.74) is 0.778. The van der Waals surface area contributed by atoms with E-state index < -0.39 is 5.82 Å². The Labute approximate surface area is 125 Å². The van der Waals surface area contributed by atoms with Crippen molar-refractivity contribution in [2.24, 2.45) is 0 Å². The topological polar surface area (TPSA) is 31.4 Å². The van der Waals surface area contributed by atoms with Crippen LogP contribution in [0.4, 0.5) is 4.39 Å². The number of nitrogens with zero attached hydrogens (tertiary/aromatic N) is 1. The van der Waals surface area contributed by atoms with Gasteiger partial charge in [0.1, 0.15) is 17.7 Å². The maximum Gasteiger partial charge on any atom is 0.183 e. The lowest BCUT2D eigenvalue weighted by atomic mass is 10.2. The van der Waals surface area contributed by atoms with E-state index in [1.165, 1.54) is 6.07 Å². The van der Waals surface area contributed by atoms with Crippen LogP contribution in [0.5, 0.6) is 5.75 Å². The molecule has 1 aromatic carbocycles. The fourth-order valence-electron chi connectivity index (χ4n) is 2.06. The Morgan fingerprint density at radius 1 is 1.50 bits per heavy atom. The Bertz CT molecular complexity index is 599. The average Bonchev–Trinajstić information content (AvgIpc) is 3.10. The number of hydrogen-bond donors (Lipinski definition) is 0. The lowest BCUT2D eigenvalue weighted by Gasteiger charge is -2.06. The first-order chi connectivity index (χ1) is 9.74. The smallest absolute Gasteiger partial charge is 0.183 e. The van der Waals surface area contributed by atoms with E-state index in [1.54, 1.807) is 23.5 Å². The van der Waals surface area contributed by atoms with Crippen LogP contribution in [0, 0.1) is 5.82 Å². The van der Waals surface area contributed by atoms with Crippen molar-refractivity contribution in [1.82, 2.24) is 4.98 Å². The second kappa shape index (κ2) is 6.08. The van der Waals surface area contributed by atoms with E-state index in [2.05, 4.69) is 4.98 Å². The first-order valence-corrected chi connectivity index (χ1v) is 7.62. The summed E-state index contributed by atoms with van der Waals surface area (Å²) in [5, 5.41) is 2.94. The minimum Gasteiger partial charge on any atom is -0.484 e. The molecular weight excluding hydrogens is 301 g/mol. The van der Waals surface area contributed by atoms with Crippen molar-refractivity contribution >= 4 is 22.9 Å². The van der Waals surface area contributed by atoms with Crippen LogP contribution in [0.2, 0.25) is 5.02 Å². The third-order valence-electron chi connectivity index (χ3n) is 3.07. The van der Waals surface area contributed by atoms with Gasteiger partial charge in [-0.05, 0) is 25.0 Å². The van der Waals surface area contributed by atoms with Crippen molar-refractivity contribution in [2.45, 2.75) is 25.6 Å². The van der Waals surface area contributed by atoms with Crippen molar-refractivity contribution in [3.8, 4) is 5.75 Å². The average molecular weight is 314 g/mol. The number of aromatic nitrogens is 1. The molecule has 20 heavy (non-hydrogen) atoms. The molecule has 106 valence electrons. The zero-order valence-electron chi connectivity index (χ0n) is 10.6. The van der Waals surface area contributed by atoms with Crippen LogP contribution in [0.15, 0.2) is 23.6 Å². The maximum absolute atomic E-state index is 13.7. The quantitative estimate of drug-likeness (QED) is 0.840. The SMILES string of the molecule is Fc1c(Cl)cccc1OCc1csc([C@H]2CCCO2)n1. The molecule has 0 bridgehead atoms. The van der Waals surface area contributed by atoms with Gasteiger partial charge in [-0.15, -0.1) is 11.3 Å². The lowest BCUT2D eigenvalue weighted by Crippen LogP contribution is -2.00. The van der Waals surface area contributed by atoms with Crippen molar-refractivity contribution in [1.29, 1.82) is 0 Å². The van der Waals surface area contributed by atoms with Gasteiger partial charge in [0.15, 0.2) is 11.6 Å². The zero-order chi connectivity index (χ0) is 13.9. The third kappa shape index (κ3) is 2.95. The molecule has 0 unspecified atom stereocenters. The number of hydrogen-bond acceptors (Lipinski definition) is 4. The minimum atomic E-state index is -0.538. The highest BCUT2D eigenvalue weighted by molar-refractivity contribution is 7.09. The summed E-state index contributed by atoms with van der Waals surface area (Å²) in [6.45, 7) is 1.02. The fraction of sp³-hybridized carbons (Fsp3) is 0.357. The molecule has 0 spiro atoms. The van der Waals surface area contributed by atoms with Gasteiger partial charge < -0.3 is 9.47 Å². The first kappa shape index (κ1) is 13.8. The summed E-state index contributed by atoms with van der Waals surface area (Å²) in [4.78, 5) is 4.47. The van der Waals surface area contributed by atoms with Crippen molar-refractivity contribution in [2.75, 3.05) is 6.61 Å². The van der Waals surface area contributed by atoms with Crippen molar-refractivity contribution in [3.63, 3.8) is 0 Å². The highest BCUT2D eigenvalue weighted by Gasteiger charge is 2.21. The first-order valence-electron chi connectivity index (χ1n) is 6.37. The molecule has 0 aliphatic carbocycles. The van der Waals surface area contributed by atoms with E-state index >= 15 is 0 Å². The molecule has 6 heteroatoms. The second-order valence-electron chi connectivity index (χ2n) is 4.52. The Hall–Kier alpha value is -1.17. The molecule has 1 saturated heterocycles. The van der Waals surface area contributed by atoms with Gasteiger partial charge >= 0.3 is 0 Å². The summed E-state index contributed by atoms with van der Waals surface area (Å²) >= 11 is 7.25. The summed E-state index contributed by atoms with van der Waals surface area (Å²) in [7, 11) is 0. The highest BCUT2D eigenvalue weighted by atomic mass is 35.5. The number of benzene rings is 1. The molecule has 1 aliphatic rings. The van der Waals surface area contributed by atoms with Gasteiger partial charge in [-0.1, -0.05) is 17.7 Å². The monoisotopic (exact) mass is 313 g/mol. The Balaban J connectivity index is 1.65. The zero-order valence-corrected chi connectivity index (χ0v) is 12.2. The molecule has 0 amide bonds. The van der Waals surface area contributed by atoms with Crippen LogP contribution < -0.4 is 4.74 Å². The van der Waals surface area contributed by atoms with Crippen molar-refractivity contribution < 1.29 is 13.9 Å². The number of halogens is 2. The maximum atomic E-state index is 13.7. The third-order valence-corrected chi connectivity index (χ3v) is 4.34. The molecule has 1 atom stereocenters. The summed E-state index contributed by atoms with van der Waals surface area (Å²) in [6, 6.07) is 4.69. The second-order valence-corrected chi connectivity index (χ2v) is 5.82.